The van der Waals surface area contributed by atoms with Crippen LogP contribution in [0.1, 0.15) is 19.5 Å². The molecule has 8 nitrogen and oxygen atoms in total. The Morgan fingerprint density at radius 2 is 2.15 bits per heavy atom. The second-order valence-corrected chi connectivity index (χ2v) is 4.40. The molecule has 112 valence electrons. The lowest BCUT2D eigenvalue weighted by Crippen LogP contribution is -2.37. The molecule has 1 rings (SSSR count). The van der Waals surface area contributed by atoms with Gasteiger partial charge in [-0.15, -0.1) is 0 Å². The van der Waals surface area contributed by atoms with Crippen LogP contribution in [0.5, 0.6) is 0 Å². The van der Waals surface area contributed by atoms with Crippen molar-refractivity contribution in [2.45, 2.75) is 26.8 Å². The van der Waals surface area contributed by atoms with E-state index in [1.165, 1.54) is 0 Å². The molecule has 0 saturated carbocycles. The smallest absolute Gasteiger partial charge is 0.332 e. The van der Waals surface area contributed by atoms with E-state index in [0.717, 1.165) is 0 Å². The molecule has 0 aliphatic heterocycles. The van der Waals surface area contributed by atoms with Gasteiger partial charge in [-0.25, -0.2) is 4.98 Å². The van der Waals surface area contributed by atoms with E-state index in [1.807, 2.05) is 18.7 Å². The SMILES string of the molecule is CCN(c1nc(NC)nc(C)c1[N+](=O)[O-])C(C)COC. The number of anilines is 2. The standard InChI is InChI=1S/C12H21N5O3/c1-6-16(8(2)7-20-5)11-10(17(18)19)9(3)14-12(13-4)15-11/h8H,6-7H2,1-5H3,(H,13,14,15). The van der Waals surface area contributed by atoms with E-state index in [9.17, 15) is 10.1 Å². The van der Waals surface area contributed by atoms with Gasteiger partial charge in [0.05, 0.1) is 17.6 Å². The summed E-state index contributed by atoms with van der Waals surface area (Å²) in [5, 5.41) is 14.1. The van der Waals surface area contributed by atoms with Crippen LogP contribution in [-0.2, 0) is 4.74 Å². The first kappa shape index (κ1) is 16.1. The normalized spacial score (nSPS) is 12.1. The lowest BCUT2D eigenvalue weighted by Gasteiger charge is -2.28. The van der Waals surface area contributed by atoms with E-state index < -0.39 is 4.92 Å². The van der Waals surface area contributed by atoms with Gasteiger partial charge in [-0.1, -0.05) is 0 Å². The van der Waals surface area contributed by atoms with Crippen LogP contribution in [0.15, 0.2) is 0 Å². The molecule has 0 fully saturated rings. The lowest BCUT2D eigenvalue weighted by atomic mass is 10.2. The maximum atomic E-state index is 11.3. The van der Waals surface area contributed by atoms with Crippen molar-refractivity contribution in [3.63, 3.8) is 0 Å². The number of nitrogens with zero attached hydrogens (tertiary/aromatic N) is 4. The zero-order valence-corrected chi connectivity index (χ0v) is 12.5. The minimum Gasteiger partial charge on any atom is -0.383 e. The minimum atomic E-state index is -0.438. The predicted molar refractivity (Wildman–Crippen MR) is 77.3 cm³/mol. The molecule has 0 amide bonds. The fraction of sp³-hybridized carbons (Fsp3) is 0.667. The van der Waals surface area contributed by atoms with Crippen molar-refractivity contribution in [3.8, 4) is 0 Å². The number of nitrogens with one attached hydrogen (secondary N) is 1. The van der Waals surface area contributed by atoms with Gasteiger partial charge < -0.3 is 15.0 Å². The number of hydrogen-bond donors (Lipinski definition) is 1. The van der Waals surface area contributed by atoms with Crippen LogP contribution in [0.3, 0.4) is 0 Å². The number of methoxy groups -OCH3 is 1. The van der Waals surface area contributed by atoms with Crippen molar-refractivity contribution in [2.24, 2.45) is 0 Å². The van der Waals surface area contributed by atoms with Crippen LogP contribution in [0.25, 0.3) is 0 Å². The number of ether oxygens (including phenoxy) is 1. The second-order valence-electron chi connectivity index (χ2n) is 4.40. The van der Waals surface area contributed by atoms with Gasteiger partial charge in [0.2, 0.25) is 11.8 Å². The summed E-state index contributed by atoms with van der Waals surface area (Å²) >= 11 is 0. The maximum Gasteiger partial charge on any atom is 0.332 e. The summed E-state index contributed by atoms with van der Waals surface area (Å²) in [6.45, 7) is 6.52. The van der Waals surface area contributed by atoms with Crippen molar-refractivity contribution in [2.75, 3.05) is 37.5 Å². The van der Waals surface area contributed by atoms with E-state index in [0.29, 0.717) is 30.6 Å². The molecular formula is C12H21N5O3. The highest BCUT2D eigenvalue weighted by Gasteiger charge is 2.28. The summed E-state index contributed by atoms with van der Waals surface area (Å²) in [6, 6.07) is -0.0253. The minimum absolute atomic E-state index is 0.0253. The maximum absolute atomic E-state index is 11.3. The highest BCUT2D eigenvalue weighted by Crippen LogP contribution is 2.30. The molecule has 0 radical (unpaired) electrons. The van der Waals surface area contributed by atoms with Gasteiger partial charge in [-0.3, -0.25) is 10.1 Å². The van der Waals surface area contributed by atoms with Crippen molar-refractivity contribution in [1.82, 2.24) is 9.97 Å². The highest BCUT2D eigenvalue weighted by molar-refractivity contribution is 5.62. The first-order valence-corrected chi connectivity index (χ1v) is 6.42. The Balaban J connectivity index is 3.37. The Morgan fingerprint density at radius 1 is 1.50 bits per heavy atom. The number of aromatic nitrogens is 2. The van der Waals surface area contributed by atoms with Gasteiger partial charge >= 0.3 is 5.69 Å². The summed E-state index contributed by atoms with van der Waals surface area (Å²) in [7, 11) is 3.28. The van der Waals surface area contributed by atoms with Crippen LogP contribution in [0.2, 0.25) is 0 Å². The number of likely N-dealkylation sites (N-methyl/N-ethyl adjacent to an activating group) is 1. The number of nitro groups is 1. The summed E-state index contributed by atoms with van der Waals surface area (Å²) < 4.78 is 5.12. The molecule has 1 aromatic heterocycles. The fourth-order valence-electron chi connectivity index (χ4n) is 2.08. The molecule has 1 atom stereocenters. The molecule has 0 aromatic carbocycles. The van der Waals surface area contributed by atoms with Crippen LogP contribution < -0.4 is 10.2 Å². The first-order valence-electron chi connectivity index (χ1n) is 6.42. The van der Waals surface area contributed by atoms with Crippen LogP contribution in [-0.4, -0.2) is 48.2 Å². The molecule has 0 spiro atoms. The Morgan fingerprint density at radius 3 is 2.60 bits per heavy atom. The topological polar surface area (TPSA) is 93.4 Å². The largest absolute Gasteiger partial charge is 0.383 e. The molecule has 0 aliphatic rings. The Labute approximate surface area is 118 Å². The van der Waals surface area contributed by atoms with Gasteiger partial charge in [0.1, 0.15) is 5.69 Å². The van der Waals surface area contributed by atoms with Crippen LogP contribution in [0.4, 0.5) is 17.5 Å². The van der Waals surface area contributed by atoms with Crippen molar-refractivity contribution < 1.29 is 9.66 Å². The van der Waals surface area contributed by atoms with Gasteiger partial charge in [-0.2, -0.15) is 4.98 Å². The molecule has 1 aromatic rings. The number of hydrogen-bond acceptors (Lipinski definition) is 7. The average molecular weight is 283 g/mol. The Bertz CT molecular complexity index is 480. The zero-order valence-electron chi connectivity index (χ0n) is 12.5. The summed E-state index contributed by atoms with van der Waals surface area (Å²) in [5.74, 6) is 0.685. The van der Waals surface area contributed by atoms with E-state index >= 15 is 0 Å². The van der Waals surface area contributed by atoms with Gasteiger partial charge in [0.15, 0.2) is 0 Å². The number of rotatable bonds is 7. The molecule has 0 bridgehead atoms. The van der Waals surface area contributed by atoms with Gasteiger partial charge in [0.25, 0.3) is 0 Å². The first-order chi connectivity index (χ1) is 9.46. The van der Waals surface area contributed by atoms with Crippen molar-refractivity contribution >= 4 is 17.5 Å². The average Bonchev–Trinajstić information content (AvgIpc) is 2.38. The molecule has 20 heavy (non-hydrogen) atoms. The lowest BCUT2D eigenvalue weighted by molar-refractivity contribution is -0.385. The third-order valence-electron chi connectivity index (χ3n) is 3.00. The zero-order chi connectivity index (χ0) is 15.3. The summed E-state index contributed by atoms with van der Waals surface area (Å²) in [6.07, 6.45) is 0. The Kier molecular flexibility index (Phi) is 5.63. The third kappa shape index (κ3) is 3.32. The molecule has 0 saturated heterocycles. The third-order valence-corrected chi connectivity index (χ3v) is 3.00. The molecule has 1 unspecified atom stereocenters. The van der Waals surface area contributed by atoms with Gasteiger partial charge in [-0.05, 0) is 20.8 Å². The van der Waals surface area contributed by atoms with Crippen molar-refractivity contribution in [1.29, 1.82) is 0 Å². The van der Waals surface area contributed by atoms with E-state index in [2.05, 4.69) is 15.3 Å². The van der Waals surface area contributed by atoms with E-state index in [-0.39, 0.29) is 11.7 Å². The monoisotopic (exact) mass is 283 g/mol. The molecular weight excluding hydrogens is 262 g/mol. The van der Waals surface area contributed by atoms with E-state index in [1.54, 1.807) is 21.1 Å². The van der Waals surface area contributed by atoms with Crippen LogP contribution in [0, 0.1) is 17.0 Å². The summed E-state index contributed by atoms with van der Waals surface area (Å²) in [4.78, 5) is 21.0. The fourth-order valence-corrected chi connectivity index (χ4v) is 2.08. The Hall–Kier alpha value is -1.96. The predicted octanol–water partition coefficient (Wildman–Crippen LogP) is 1.60. The molecule has 1 heterocycles. The van der Waals surface area contributed by atoms with Gasteiger partial charge in [0, 0.05) is 20.7 Å². The quantitative estimate of drug-likeness (QED) is 0.600. The number of aryl methyl sites for hydroxylation is 1. The molecule has 1 N–H and O–H groups in total. The summed E-state index contributed by atoms with van der Waals surface area (Å²) in [5.41, 5.74) is 0.279. The second kappa shape index (κ2) is 6.99. The van der Waals surface area contributed by atoms with Crippen molar-refractivity contribution in [3.05, 3.63) is 15.8 Å². The molecule has 0 aliphatic carbocycles. The molecule has 8 heteroatoms. The highest BCUT2D eigenvalue weighted by atomic mass is 16.6. The van der Waals surface area contributed by atoms with E-state index in [4.69, 9.17) is 4.74 Å². The van der Waals surface area contributed by atoms with Crippen LogP contribution >= 0.6 is 0 Å².